The van der Waals surface area contributed by atoms with Gasteiger partial charge in [0, 0.05) is 26.0 Å². The van der Waals surface area contributed by atoms with Crippen LogP contribution in [0.15, 0.2) is 28.3 Å². The van der Waals surface area contributed by atoms with E-state index in [2.05, 4.69) is 25.3 Å². The van der Waals surface area contributed by atoms with E-state index in [4.69, 9.17) is 0 Å². The van der Waals surface area contributed by atoms with Gasteiger partial charge in [0.25, 0.3) is 0 Å². The summed E-state index contributed by atoms with van der Waals surface area (Å²) in [5, 5.41) is 12.2. The van der Waals surface area contributed by atoms with E-state index in [0.29, 0.717) is 24.0 Å². The topological polar surface area (TPSA) is 105 Å². The highest BCUT2D eigenvalue weighted by Gasteiger charge is 2.35. The molecule has 0 bridgehead atoms. The molecule has 1 saturated carbocycles. The molecule has 1 aliphatic carbocycles. The number of aromatic nitrogens is 3. The Hall–Kier alpha value is -3.24. The molecule has 0 aliphatic heterocycles. The molecule has 11 heteroatoms. The normalized spacial score (nSPS) is 16.6. The van der Waals surface area contributed by atoms with Gasteiger partial charge in [-0.1, -0.05) is 33.1 Å². The fourth-order valence-corrected chi connectivity index (χ4v) is 4.21. The average molecular weight is 507 g/mol. The first kappa shape index (κ1) is 27.3. The molecule has 3 rings (SSSR count). The number of amidine groups is 1. The molecule has 0 saturated heterocycles. The van der Waals surface area contributed by atoms with Gasteiger partial charge in [-0.25, -0.2) is 9.78 Å². The second kappa shape index (κ2) is 11.7. The quantitative estimate of drug-likeness (QED) is 0.379. The number of nitrogens with one attached hydrogen (secondary N) is 1. The number of rotatable bonds is 7. The molecule has 2 aromatic rings. The van der Waals surface area contributed by atoms with Crippen molar-refractivity contribution in [2.45, 2.75) is 77.6 Å². The monoisotopic (exact) mass is 506 g/mol. The molecule has 2 N–H and O–H groups in total. The van der Waals surface area contributed by atoms with E-state index in [-0.39, 0.29) is 23.3 Å². The number of pyridine rings is 1. The number of carboxylic acids is 1. The molecule has 2 heterocycles. The summed E-state index contributed by atoms with van der Waals surface area (Å²) < 4.78 is 41.5. The fraction of sp³-hybridized carbons (Fsp3) is 0.560. The molecule has 1 atom stereocenters. The predicted octanol–water partition coefficient (Wildman–Crippen LogP) is 5.54. The van der Waals surface area contributed by atoms with Crippen molar-refractivity contribution in [1.29, 1.82) is 0 Å². The van der Waals surface area contributed by atoms with Crippen LogP contribution in [0.1, 0.15) is 70.1 Å². The summed E-state index contributed by atoms with van der Waals surface area (Å²) in [6.45, 7) is 5.57. The van der Waals surface area contributed by atoms with Gasteiger partial charge in [-0.3, -0.25) is 15.0 Å². The van der Waals surface area contributed by atoms with Crippen molar-refractivity contribution in [1.82, 2.24) is 14.5 Å². The molecule has 1 fully saturated rings. The van der Waals surface area contributed by atoms with Gasteiger partial charge in [-0.15, -0.1) is 0 Å². The molecule has 2 aromatic heterocycles. The maximum atomic E-state index is 13.2. The summed E-state index contributed by atoms with van der Waals surface area (Å²) in [4.78, 5) is 28.2. The number of aliphatic carboxylic acids is 1. The first-order chi connectivity index (χ1) is 17.0. The average Bonchev–Trinajstić information content (AvgIpc) is 3.17. The molecular formula is C25H33F3N6O2. The van der Waals surface area contributed by atoms with Gasteiger partial charge in [0.1, 0.15) is 17.4 Å². The molecule has 0 radical (unpaired) electrons. The standard InChI is InChI=1S/C25H33F3N6O2/c1-15(2)18-10-11-30-19(12-18)23-33-21(32-22(29-4)24(35)36)20(13-31-16(3)25(26,27)28)34(23)14-17-8-6-5-7-9-17/h10-13,15-17H,5-9,14H2,1-4H3,(H,29,32)(H,35,36)/t16-/m1/s1. The highest BCUT2D eigenvalue weighted by Crippen LogP contribution is 2.31. The molecule has 0 aromatic carbocycles. The van der Waals surface area contributed by atoms with E-state index >= 15 is 0 Å². The highest BCUT2D eigenvalue weighted by atomic mass is 19.4. The zero-order chi connectivity index (χ0) is 26.5. The summed E-state index contributed by atoms with van der Waals surface area (Å²) in [5.74, 6) is -0.658. The van der Waals surface area contributed by atoms with Crippen molar-refractivity contribution in [2.75, 3.05) is 12.4 Å². The number of halogens is 3. The van der Waals surface area contributed by atoms with Crippen LogP contribution < -0.4 is 5.32 Å². The fourth-order valence-electron chi connectivity index (χ4n) is 4.21. The molecule has 0 amide bonds. The zero-order valence-corrected chi connectivity index (χ0v) is 21.0. The van der Waals surface area contributed by atoms with Crippen LogP contribution in [-0.4, -0.2) is 56.9 Å². The number of alkyl halides is 3. The molecule has 196 valence electrons. The lowest BCUT2D eigenvalue weighted by Gasteiger charge is -2.23. The largest absolute Gasteiger partial charge is 0.475 e. The Kier molecular flexibility index (Phi) is 8.86. The summed E-state index contributed by atoms with van der Waals surface area (Å²) >= 11 is 0. The van der Waals surface area contributed by atoms with Crippen LogP contribution in [0.2, 0.25) is 0 Å². The lowest BCUT2D eigenvalue weighted by Crippen LogP contribution is -2.25. The van der Waals surface area contributed by atoms with Crippen LogP contribution in [-0.2, 0) is 11.3 Å². The van der Waals surface area contributed by atoms with E-state index in [9.17, 15) is 23.1 Å². The van der Waals surface area contributed by atoms with E-state index in [1.807, 2.05) is 30.5 Å². The first-order valence-electron chi connectivity index (χ1n) is 12.1. The smallest absolute Gasteiger partial charge is 0.410 e. The third-order valence-corrected chi connectivity index (χ3v) is 6.41. The van der Waals surface area contributed by atoms with Crippen LogP contribution in [0.4, 0.5) is 19.0 Å². The SMILES string of the molecule is CN=C(Nc1nc(-c2cc(C(C)C)ccn2)n(CC2CCCCC2)c1C=N[C@H](C)C(F)(F)F)C(=O)O. The van der Waals surface area contributed by atoms with Gasteiger partial charge >= 0.3 is 12.1 Å². The number of hydrogen-bond acceptors (Lipinski definition) is 5. The summed E-state index contributed by atoms with van der Waals surface area (Å²) in [6, 6.07) is 1.87. The minimum absolute atomic E-state index is 0.0682. The van der Waals surface area contributed by atoms with Crippen LogP contribution in [0, 0.1) is 5.92 Å². The van der Waals surface area contributed by atoms with Gasteiger partial charge < -0.3 is 15.0 Å². The van der Waals surface area contributed by atoms with Crippen LogP contribution >= 0.6 is 0 Å². The Balaban J connectivity index is 2.20. The van der Waals surface area contributed by atoms with E-state index in [1.54, 1.807) is 6.20 Å². The second-order valence-electron chi connectivity index (χ2n) is 9.41. The zero-order valence-electron chi connectivity index (χ0n) is 21.0. The molecule has 0 unspecified atom stereocenters. The lowest BCUT2D eigenvalue weighted by molar-refractivity contribution is -0.142. The maximum Gasteiger partial charge on any atom is 0.410 e. The number of anilines is 1. The number of nitrogens with zero attached hydrogens (tertiary/aromatic N) is 5. The summed E-state index contributed by atoms with van der Waals surface area (Å²) in [7, 11) is 1.31. The van der Waals surface area contributed by atoms with Gasteiger partial charge in [0.05, 0.1) is 0 Å². The third-order valence-electron chi connectivity index (χ3n) is 6.41. The van der Waals surface area contributed by atoms with Crippen molar-refractivity contribution in [3.05, 3.63) is 29.6 Å². The Morgan fingerprint density at radius 3 is 2.56 bits per heavy atom. The first-order valence-corrected chi connectivity index (χ1v) is 12.1. The van der Waals surface area contributed by atoms with Gasteiger partial charge in [0.2, 0.25) is 5.84 Å². The van der Waals surface area contributed by atoms with Crippen LogP contribution in [0.5, 0.6) is 0 Å². The van der Waals surface area contributed by atoms with Gasteiger partial charge in [0.15, 0.2) is 11.6 Å². The Labute approximate surface area is 208 Å². The van der Waals surface area contributed by atoms with E-state index in [1.165, 1.54) is 7.05 Å². The second-order valence-corrected chi connectivity index (χ2v) is 9.41. The van der Waals surface area contributed by atoms with Crippen LogP contribution in [0.25, 0.3) is 11.5 Å². The predicted molar refractivity (Wildman–Crippen MR) is 134 cm³/mol. The number of carboxylic acid groups (broad SMARTS) is 1. The molecule has 1 aliphatic rings. The van der Waals surface area contributed by atoms with E-state index < -0.39 is 18.2 Å². The third kappa shape index (κ3) is 6.70. The summed E-state index contributed by atoms with van der Waals surface area (Å²) in [5.41, 5.74) is 1.84. The number of aliphatic imine (C=N–C) groups is 2. The lowest BCUT2D eigenvalue weighted by atomic mass is 9.89. The van der Waals surface area contributed by atoms with Gasteiger partial charge in [-0.05, 0) is 49.3 Å². The van der Waals surface area contributed by atoms with Crippen LogP contribution in [0.3, 0.4) is 0 Å². The van der Waals surface area contributed by atoms with Gasteiger partial charge in [-0.2, -0.15) is 13.2 Å². The highest BCUT2D eigenvalue weighted by molar-refractivity contribution is 6.39. The number of hydrogen-bond donors (Lipinski definition) is 2. The van der Waals surface area contributed by atoms with Crippen molar-refractivity contribution in [3.8, 4) is 11.5 Å². The molecule has 36 heavy (non-hydrogen) atoms. The molecule has 0 spiro atoms. The minimum atomic E-state index is -4.51. The van der Waals surface area contributed by atoms with Crippen molar-refractivity contribution < 1.29 is 23.1 Å². The molecule has 8 nitrogen and oxygen atoms in total. The maximum absolute atomic E-state index is 13.2. The number of carbonyl (C=O) groups is 1. The van der Waals surface area contributed by atoms with Crippen molar-refractivity contribution in [3.63, 3.8) is 0 Å². The minimum Gasteiger partial charge on any atom is -0.475 e. The van der Waals surface area contributed by atoms with Crippen molar-refractivity contribution in [2.24, 2.45) is 15.9 Å². The van der Waals surface area contributed by atoms with Crippen molar-refractivity contribution >= 4 is 23.8 Å². The summed E-state index contributed by atoms with van der Waals surface area (Å²) in [6.07, 6.45) is 3.60. The Morgan fingerprint density at radius 2 is 1.97 bits per heavy atom. The number of imidazole rings is 1. The Morgan fingerprint density at radius 1 is 1.28 bits per heavy atom. The Bertz CT molecular complexity index is 1120. The molecular weight excluding hydrogens is 473 g/mol. The van der Waals surface area contributed by atoms with E-state index in [0.717, 1.165) is 50.8 Å².